The number of benzene rings is 1. The van der Waals surface area contributed by atoms with Gasteiger partial charge >= 0.3 is 0 Å². The third-order valence-corrected chi connectivity index (χ3v) is 4.60. The molecule has 1 aromatic rings. The van der Waals surface area contributed by atoms with Crippen LogP contribution in [0.4, 0.5) is 0 Å². The summed E-state index contributed by atoms with van der Waals surface area (Å²) < 4.78 is 10.6. The Balaban J connectivity index is 1.69. The Kier molecular flexibility index (Phi) is 5.43. The molecule has 136 valence electrons. The lowest BCUT2D eigenvalue weighted by Gasteiger charge is -2.34. The van der Waals surface area contributed by atoms with Crippen LogP contribution in [0, 0.1) is 0 Å². The van der Waals surface area contributed by atoms with Crippen LogP contribution in [-0.2, 0) is 16.1 Å². The first-order chi connectivity index (χ1) is 12.1. The van der Waals surface area contributed by atoms with Crippen molar-refractivity contribution in [1.29, 1.82) is 0 Å². The molecule has 1 saturated heterocycles. The lowest BCUT2D eigenvalue weighted by Crippen LogP contribution is -2.56. The molecule has 1 atom stereocenters. The summed E-state index contributed by atoms with van der Waals surface area (Å²) in [4.78, 5) is 26.5. The lowest BCUT2D eigenvalue weighted by molar-refractivity contribution is -0.134. The van der Waals surface area contributed by atoms with Crippen LogP contribution in [0.15, 0.2) is 18.2 Å². The molecule has 0 aromatic heterocycles. The second-order valence-electron chi connectivity index (χ2n) is 6.51. The summed E-state index contributed by atoms with van der Waals surface area (Å²) in [6, 6.07) is 5.58. The number of amides is 2. The summed E-state index contributed by atoms with van der Waals surface area (Å²) in [5.41, 5.74) is 1.01. The number of nitrogens with zero attached hydrogens (tertiary/aromatic N) is 1. The van der Waals surface area contributed by atoms with E-state index < -0.39 is 6.04 Å². The van der Waals surface area contributed by atoms with Crippen molar-refractivity contribution in [3.8, 4) is 11.5 Å². The Morgan fingerprint density at radius 1 is 1.28 bits per heavy atom. The van der Waals surface area contributed by atoms with Gasteiger partial charge in [0.05, 0.1) is 26.7 Å². The van der Waals surface area contributed by atoms with Gasteiger partial charge in [-0.1, -0.05) is 6.07 Å². The molecule has 3 rings (SSSR count). The van der Waals surface area contributed by atoms with E-state index >= 15 is 0 Å². The van der Waals surface area contributed by atoms with Gasteiger partial charge in [0, 0.05) is 25.7 Å². The molecule has 1 aromatic carbocycles. The number of methoxy groups -OCH3 is 2. The van der Waals surface area contributed by atoms with Crippen LogP contribution in [-0.4, -0.2) is 56.1 Å². The molecule has 0 bridgehead atoms. The highest BCUT2D eigenvalue weighted by atomic mass is 16.5. The minimum Gasteiger partial charge on any atom is -0.493 e. The summed E-state index contributed by atoms with van der Waals surface area (Å²) in [6.45, 7) is 1.88. The number of rotatable bonds is 7. The van der Waals surface area contributed by atoms with E-state index in [9.17, 15) is 9.59 Å². The SMILES string of the molecule is COc1ccc(CN2CCNC(=O)[C@@H]2CC(=O)NC2CC2)cc1OC. The maximum Gasteiger partial charge on any atom is 0.237 e. The molecule has 7 nitrogen and oxygen atoms in total. The third kappa shape index (κ3) is 4.42. The highest BCUT2D eigenvalue weighted by Crippen LogP contribution is 2.28. The molecule has 2 N–H and O–H groups in total. The number of ether oxygens (including phenoxy) is 2. The van der Waals surface area contributed by atoms with Gasteiger partial charge in [0.15, 0.2) is 11.5 Å². The van der Waals surface area contributed by atoms with E-state index in [4.69, 9.17) is 9.47 Å². The smallest absolute Gasteiger partial charge is 0.237 e. The first kappa shape index (κ1) is 17.5. The van der Waals surface area contributed by atoms with Crippen LogP contribution in [0.5, 0.6) is 11.5 Å². The molecule has 2 aliphatic rings. The molecule has 1 heterocycles. The van der Waals surface area contributed by atoms with E-state index in [1.54, 1.807) is 14.2 Å². The van der Waals surface area contributed by atoms with Gasteiger partial charge in [0.25, 0.3) is 0 Å². The fraction of sp³-hybridized carbons (Fsp3) is 0.556. The predicted molar refractivity (Wildman–Crippen MR) is 92.5 cm³/mol. The largest absolute Gasteiger partial charge is 0.493 e. The quantitative estimate of drug-likeness (QED) is 0.758. The first-order valence-corrected chi connectivity index (χ1v) is 8.62. The van der Waals surface area contributed by atoms with Crippen molar-refractivity contribution in [2.24, 2.45) is 0 Å². The zero-order valence-corrected chi connectivity index (χ0v) is 14.7. The fourth-order valence-electron chi connectivity index (χ4n) is 3.08. The lowest BCUT2D eigenvalue weighted by atomic mass is 10.1. The van der Waals surface area contributed by atoms with Crippen LogP contribution >= 0.6 is 0 Å². The highest BCUT2D eigenvalue weighted by Gasteiger charge is 2.33. The van der Waals surface area contributed by atoms with Crippen molar-refractivity contribution in [2.75, 3.05) is 27.3 Å². The third-order valence-electron chi connectivity index (χ3n) is 4.60. The Bertz CT molecular complexity index is 645. The molecule has 25 heavy (non-hydrogen) atoms. The fourth-order valence-corrected chi connectivity index (χ4v) is 3.08. The van der Waals surface area contributed by atoms with Crippen molar-refractivity contribution >= 4 is 11.8 Å². The Morgan fingerprint density at radius 3 is 2.72 bits per heavy atom. The van der Waals surface area contributed by atoms with E-state index in [0.717, 1.165) is 18.4 Å². The normalized spacial score (nSPS) is 20.7. The molecular weight excluding hydrogens is 322 g/mol. The second kappa shape index (κ2) is 7.74. The Hall–Kier alpha value is -2.28. The molecule has 2 amide bonds. The monoisotopic (exact) mass is 347 g/mol. The average molecular weight is 347 g/mol. The predicted octanol–water partition coefficient (Wildman–Crippen LogP) is 0.673. The second-order valence-corrected chi connectivity index (χ2v) is 6.51. The van der Waals surface area contributed by atoms with Gasteiger partial charge in [0.1, 0.15) is 0 Å². The van der Waals surface area contributed by atoms with Gasteiger partial charge in [-0.15, -0.1) is 0 Å². The van der Waals surface area contributed by atoms with Crippen LogP contribution in [0.2, 0.25) is 0 Å². The maximum atomic E-state index is 12.3. The zero-order valence-electron chi connectivity index (χ0n) is 14.7. The Morgan fingerprint density at radius 2 is 2.04 bits per heavy atom. The van der Waals surface area contributed by atoms with Crippen molar-refractivity contribution in [2.45, 2.75) is 37.9 Å². The van der Waals surface area contributed by atoms with Crippen molar-refractivity contribution in [3.63, 3.8) is 0 Å². The molecule has 0 spiro atoms. The van der Waals surface area contributed by atoms with Gasteiger partial charge in [-0.25, -0.2) is 0 Å². The molecule has 1 aliphatic carbocycles. The van der Waals surface area contributed by atoms with Gasteiger partial charge in [-0.05, 0) is 30.5 Å². The standard InChI is InChI=1S/C18H25N3O4/c1-24-15-6-3-12(9-16(15)25-2)11-21-8-7-19-18(23)14(21)10-17(22)20-13-4-5-13/h3,6,9,13-14H,4-5,7-8,10-11H2,1-2H3,(H,19,23)(H,20,22)/t14-/m0/s1. The molecule has 7 heteroatoms. The molecule has 1 aliphatic heterocycles. The van der Waals surface area contributed by atoms with E-state index in [1.807, 2.05) is 23.1 Å². The van der Waals surface area contributed by atoms with Crippen LogP contribution in [0.25, 0.3) is 0 Å². The minimum absolute atomic E-state index is 0.0538. The minimum atomic E-state index is -0.444. The van der Waals surface area contributed by atoms with E-state index in [2.05, 4.69) is 10.6 Å². The zero-order chi connectivity index (χ0) is 17.8. The number of hydrogen-bond donors (Lipinski definition) is 2. The number of nitrogens with one attached hydrogen (secondary N) is 2. The van der Waals surface area contributed by atoms with Gasteiger partial charge < -0.3 is 20.1 Å². The summed E-state index contributed by atoms with van der Waals surface area (Å²) in [5.74, 6) is 1.19. The van der Waals surface area contributed by atoms with E-state index in [-0.39, 0.29) is 18.2 Å². The summed E-state index contributed by atoms with van der Waals surface area (Å²) >= 11 is 0. The highest BCUT2D eigenvalue weighted by molar-refractivity contribution is 5.89. The van der Waals surface area contributed by atoms with Crippen LogP contribution < -0.4 is 20.1 Å². The first-order valence-electron chi connectivity index (χ1n) is 8.62. The summed E-state index contributed by atoms with van der Waals surface area (Å²) in [5, 5.41) is 5.81. The summed E-state index contributed by atoms with van der Waals surface area (Å²) in [7, 11) is 3.20. The van der Waals surface area contributed by atoms with E-state index in [0.29, 0.717) is 37.2 Å². The molecule has 0 radical (unpaired) electrons. The van der Waals surface area contributed by atoms with Gasteiger partial charge in [-0.3, -0.25) is 14.5 Å². The maximum absolute atomic E-state index is 12.3. The number of carbonyl (C=O) groups excluding carboxylic acids is 2. The van der Waals surface area contributed by atoms with Crippen molar-refractivity contribution in [1.82, 2.24) is 15.5 Å². The van der Waals surface area contributed by atoms with Crippen LogP contribution in [0.1, 0.15) is 24.8 Å². The number of carbonyl (C=O) groups is 2. The molecule has 0 unspecified atom stereocenters. The topological polar surface area (TPSA) is 79.9 Å². The molecule has 2 fully saturated rings. The van der Waals surface area contributed by atoms with Gasteiger partial charge in [-0.2, -0.15) is 0 Å². The van der Waals surface area contributed by atoms with E-state index in [1.165, 1.54) is 0 Å². The number of piperazine rings is 1. The van der Waals surface area contributed by atoms with Crippen molar-refractivity contribution in [3.05, 3.63) is 23.8 Å². The molecular formula is C18H25N3O4. The van der Waals surface area contributed by atoms with Gasteiger partial charge in [0.2, 0.25) is 11.8 Å². The molecule has 1 saturated carbocycles. The summed E-state index contributed by atoms with van der Waals surface area (Å²) in [6.07, 6.45) is 2.27. The van der Waals surface area contributed by atoms with Crippen molar-refractivity contribution < 1.29 is 19.1 Å². The Labute approximate surface area is 147 Å². The number of hydrogen-bond acceptors (Lipinski definition) is 5. The average Bonchev–Trinajstić information content (AvgIpc) is 3.41. The van der Waals surface area contributed by atoms with Crippen LogP contribution in [0.3, 0.4) is 0 Å².